The molecule has 2 heterocycles. The molecule has 2 aliphatic carbocycles. The van der Waals surface area contributed by atoms with E-state index in [4.69, 9.17) is 10.3 Å². The van der Waals surface area contributed by atoms with Crippen LogP contribution in [0.15, 0.2) is 16.9 Å². The average molecular weight is 273 g/mol. The Morgan fingerprint density at radius 3 is 3.00 bits per heavy atom. The normalized spacial score (nSPS) is 32.1. The van der Waals surface area contributed by atoms with Crippen molar-refractivity contribution in [2.75, 3.05) is 0 Å². The van der Waals surface area contributed by atoms with Crippen molar-refractivity contribution in [3.8, 4) is 0 Å². The number of nitrogens with two attached hydrogens (primary N) is 1. The number of rotatable bonds is 3. The zero-order valence-corrected chi connectivity index (χ0v) is 11.6. The molecule has 2 aliphatic rings. The molecule has 1 unspecified atom stereocenters. The Labute approximate surface area is 117 Å². The summed E-state index contributed by atoms with van der Waals surface area (Å²) in [4.78, 5) is 4.56. The number of nitrogens with zero attached hydrogens (tertiary/aromatic N) is 4. The minimum Gasteiger partial charge on any atom is -0.339 e. The molecule has 2 aromatic rings. The summed E-state index contributed by atoms with van der Waals surface area (Å²) in [5.74, 6) is 3.41. The number of aromatic nitrogens is 4. The van der Waals surface area contributed by atoms with Crippen molar-refractivity contribution in [1.82, 2.24) is 19.9 Å². The molecule has 2 fully saturated rings. The zero-order chi connectivity index (χ0) is 13.7. The van der Waals surface area contributed by atoms with Crippen molar-refractivity contribution in [3.05, 3.63) is 29.7 Å². The van der Waals surface area contributed by atoms with E-state index in [-0.39, 0.29) is 0 Å². The molecule has 4 atom stereocenters. The summed E-state index contributed by atoms with van der Waals surface area (Å²) < 4.78 is 7.24. The van der Waals surface area contributed by atoms with E-state index in [9.17, 15) is 0 Å². The van der Waals surface area contributed by atoms with Crippen LogP contribution in [-0.2, 0) is 13.5 Å². The summed E-state index contributed by atoms with van der Waals surface area (Å²) in [6, 6.07) is 0.391. The monoisotopic (exact) mass is 273 g/mol. The van der Waals surface area contributed by atoms with Gasteiger partial charge in [-0.3, -0.25) is 4.68 Å². The molecule has 6 heteroatoms. The molecule has 6 nitrogen and oxygen atoms in total. The molecule has 0 saturated heterocycles. The van der Waals surface area contributed by atoms with Crippen LogP contribution in [0.1, 0.15) is 42.5 Å². The van der Waals surface area contributed by atoms with Gasteiger partial charge in [0, 0.05) is 31.6 Å². The van der Waals surface area contributed by atoms with E-state index in [1.165, 1.54) is 0 Å². The largest absolute Gasteiger partial charge is 0.339 e. The Balaban J connectivity index is 1.46. The number of hydrogen-bond acceptors (Lipinski definition) is 5. The highest BCUT2D eigenvalue weighted by Crippen LogP contribution is 2.51. The third-order valence-electron chi connectivity index (χ3n) is 4.83. The quantitative estimate of drug-likeness (QED) is 0.909. The molecule has 0 bridgehead atoms. The average Bonchev–Trinajstić information content (AvgIpc) is 3.09. The molecule has 2 saturated carbocycles. The van der Waals surface area contributed by atoms with Crippen molar-refractivity contribution in [1.29, 1.82) is 0 Å². The smallest absolute Gasteiger partial charge is 0.229 e. The molecule has 2 aromatic heterocycles. The number of aryl methyl sites for hydroxylation is 1. The minimum absolute atomic E-state index is 0.391. The molecule has 0 amide bonds. The lowest BCUT2D eigenvalue weighted by Gasteiger charge is -2.37. The fraction of sp³-hybridized carbons (Fsp3) is 0.643. The van der Waals surface area contributed by atoms with Gasteiger partial charge in [0.2, 0.25) is 5.89 Å². The van der Waals surface area contributed by atoms with E-state index >= 15 is 0 Å². The summed E-state index contributed by atoms with van der Waals surface area (Å²) in [5, 5.41) is 8.25. The summed E-state index contributed by atoms with van der Waals surface area (Å²) in [5.41, 5.74) is 7.14. The number of fused-ring (bicyclic) bond motifs is 1. The van der Waals surface area contributed by atoms with Gasteiger partial charge in [-0.1, -0.05) is 5.16 Å². The van der Waals surface area contributed by atoms with E-state index in [0.29, 0.717) is 24.3 Å². The lowest BCUT2D eigenvalue weighted by molar-refractivity contribution is 0.173. The first kappa shape index (κ1) is 12.1. The Morgan fingerprint density at radius 1 is 1.40 bits per heavy atom. The molecule has 20 heavy (non-hydrogen) atoms. The molecule has 0 radical (unpaired) electrons. The van der Waals surface area contributed by atoms with Crippen LogP contribution in [0, 0.1) is 11.8 Å². The predicted octanol–water partition coefficient (Wildman–Crippen LogP) is 1.23. The van der Waals surface area contributed by atoms with Gasteiger partial charge in [-0.25, -0.2) is 0 Å². The predicted molar refractivity (Wildman–Crippen MR) is 71.9 cm³/mol. The third kappa shape index (κ3) is 1.95. The van der Waals surface area contributed by atoms with Gasteiger partial charge in [0.15, 0.2) is 5.82 Å². The van der Waals surface area contributed by atoms with Crippen molar-refractivity contribution >= 4 is 0 Å². The first-order chi connectivity index (χ1) is 9.69. The van der Waals surface area contributed by atoms with Gasteiger partial charge < -0.3 is 10.3 Å². The fourth-order valence-corrected chi connectivity index (χ4v) is 3.73. The molecule has 2 N–H and O–H groups in total. The van der Waals surface area contributed by atoms with Crippen molar-refractivity contribution in [2.24, 2.45) is 24.6 Å². The maximum atomic E-state index is 6.04. The van der Waals surface area contributed by atoms with Gasteiger partial charge >= 0.3 is 0 Å². The van der Waals surface area contributed by atoms with E-state index in [0.717, 1.165) is 42.5 Å². The van der Waals surface area contributed by atoms with Crippen LogP contribution in [0.4, 0.5) is 0 Å². The number of hydrogen-bond donors (Lipinski definition) is 1. The second-order valence-electron chi connectivity index (χ2n) is 6.24. The van der Waals surface area contributed by atoms with Crippen molar-refractivity contribution < 1.29 is 4.52 Å². The van der Waals surface area contributed by atoms with Crippen LogP contribution in [0.25, 0.3) is 0 Å². The lowest BCUT2D eigenvalue weighted by atomic mass is 9.72. The van der Waals surface area contributed by atoms with Crippen LogP contribution >= 0.6 is 0 Å². The van der Waals surface area contributed by atoms with Crippen molar-refractivity contribution in [2.45, 2.75) is 37.6 Å². The van der Waals surface area contributed by atoms with Gasteiger partial charge in [-0.2, -0.15) is 10.1 Å². The van der Waals surface area contributed by atoms with Crippen LogP contribution in [0.3, 0.4) is 0 Å². The van der Waals surface area contributed by atoms with Crippen LogP contribution in [0.2, 0.25) is 0 Å². The SMILES string of the molecule is Cn1cc(Cc2noc(C3C[C@@H]4C[C@H](N)[C@@H]4C3)n2)cn1. The second kappa shape index (κ2) is 4.41. The second-order valence-corrected chi connectivity index (χ2v) is 6.24. The van der Waals surface area contributed by atoms with E-state index in [1.54, 1.807) is 4.68 Å². The lowest BCUT2D eigenvalue weighted by Crippen LogP contribution is -2.44. The molecule has 0 aromatic carbocycles. The van der Waals surface area contributed by atoms with Gasteiger partial charge in [0.05, 0.1) is 6.20 Å². The van der Waals surface area contributed by atoms with Crippen LogP contribution in [-0.4, -0.2) is 26.0 Å². The summed E-state index contributed by atoms with van der Waals surface area (Å²) in [6.07, 6.45) is 7.93. The van der Waals surface area contributed by atoms with Gasteiger partial charge in [-0.15, -0.1) is 0 Å². The Kier molecular flexibility index (Phi) is 2.66. The minimum atomic E-state index is 0.391. The Hall–Kier alpha value is -1.69. The fourth-order valence-electron chi connectivity index (χ4n) is 3.73. The standard InChI is InChI=1S/C14H19N5O/c1-19-7-8(6-16-19)2-13-17-14(20-18-13)10-3-9-5-12(15)11(9)4-10/h6-7,9-12H,2-5,15H2,1H3/t9-,10?,11-,12+/m1/s1. The van der Waals surface area contributed by atoms with Crippen LogP contribution in [0.5, 0.6) is 0 Å². The highest BCUT2D eigenvalue weighted by atomic mass is 16.5. The Bertz CT molecular complexity index is 619. The van der Waals surface area contributed by atoms with Crippen molar-refractivity contribution in [3.63, 3.8) is 0 Å². The van der Waals surface area contributed by atoms with E-state index in [2.05, 4.69) is 15.2 Å². The molecule has 106 valence electrons. The maximum absolute atomic E-state index is 6.04. The highest BCUT2D eigenvalue weighted by Gasteiger charge is 2.47. The molecular weight excluding hydrogens is 254 g/mol. The molecule has 0 spiro atoms. The maximum Gasteiger partial charge on any atom is 0.229 e. The first-order valence-corrected chi connectivity index (χ1v) is 7.24. The summed E-state index contributed by atoms with van der Waals surface area (Å²) >= 11 is 0. The highest BCUT2D eigenvalue weighted by molar-refractivity contribution is 5.12. The molecule has 4 rings (SSSR count). The Morgan fingerprint density at radius 2 is 2.30 bits per heavy atom. The van der Waals surface area contributed by atoms with E-state index in [1.807, 2.05) is 19.4 Å². The zero-order valence-electron chi connectivity index (χ0n) is 11.6. The molecule has 0 aliphatic heterocycles. The first-order valence-electron chi connectivity index (χ1n) is 7.24. The molecular formula is C14H19N5O. The van der Waals surface area contributed by atoms with Crippen LogP contribution < -0.4 is 5.73 Å². The van der Waals surface area contributed by atoms with Gasteiger partial charge in [-0.05, 0) is 36.7 Å². The third-order valence-corrected chi connectivity index (χ3v) is 4.83. The van der Waals surface area contributed by atoms with E-state index < -0.39 is 0 Å². The van der Waals surface area contributed by atoms with Gasteiger partial charge in [0.25, 0.3) is 0 Å². The summed E-state index contributed by atoms with van der Waals surface area (Å²) in [6.45, 7) is 0. The van der Waals surface area contributed by atoms with Gasteiger partial charge in [0.1, 0.15) is 0 Å². The topological polar surface area (TPSA) is 82.8 Å². The summed E-state index contributed by atoms with van der Waals surface area (Å²) in [7, 11) is 1.91.